The number of ether oxygens (including phenoxy) is 2. The molecule has 3 saturated carbocycles. The van der Waals surface area contributed by atoms with E-state index in [4.69, 9.17) is 14.5 Å². The van der Waals surface area contributed by atoms with Crippen LogP contribution in [0.1, 0.15) is 83.5 Å². The number of fused-ring (bicyclic) bond motifs is 1. The predicted octanol–water partition coefficient (Wildman–Crippen LogP) is 6.62. The first-order chi connectivity index (χ1) is 27.2. The number of pyridine rings is 1. The van der Waals surface area contributed by atoms with Crippen molar-refractivity contribution in [1.82, 2.24) is 25.8 Å². The molecule has 7 rings (SSSR count). The first kappa shape index (κ1) is 39.1. The molecule has 2 heterocycles. The number of nitrogens with zero attached hydrogens (tertiary/aromatic N) is 2. The van der Waals surface area contributed by atoms with Gasteiger partial charge in [0.25, 0.3) is 0 Å². The Morgan fingerprint density at radius 3 is 2.36 bits per heavy atom. The van der Waals surface area contributed by atoms with E-state index in [-0.39, 0.29) is 25.3 Å². The van der Waals surface area contributed by atoms with Crippen LogP contribution in [0.25, 0.3) is 22.2 Å². The molecule has 4 fully saturated rings. The summed E-state index contributed by atoms with van der Waals surface area (Å²) in [6, 6.07) is 14.7. The Morgan fingerprint density at radius 1 is 0.982 bits per heavy atom. The number of nitrogens with one attached hydrogen (secondary N) is 3. The molecule has 4 aliphatic rings. The number of carboxylic acids is 1. The highest BCUT2D eigenvalue weighted by molar-refractivity contribution is 5.95. The van der Waals surface area contributed by atoms with Gasteiger partial charge in [-0.2, -0.15) is 0 Å². The Bertz CT molecular complexity index is 1910. The number of urea groups is 1. The normalized spacial score (nSPS) is 24.5. The first-order valence-corrected chi connectivity index (χ1v) is 20.4. The lowest BCUT2D eigenvalue weighted by Gasteiger charge is -2.30. The number of benzene rings is 2. The molecule has 0 bridgehead atoms. The average molecular weight is 766 g/mol. The van der Waals surface area contributed by atoms with Crippen molar-refractivity contribution in [3.8, 4) is 22.8 Å². The summed E-state index contributed by atoms with van der Waals surface area (Å²) in [5.41, 5.74) is 0.742. The van der Waals surface area contributed by atoms with Crippen LogP contribution in [-0.2, 0) is 14.4 Å². The van der Waals surface area contributed by atoms with Crippen LogP contribution in [0, 0.1) is 17.8 Å². The highest BCUT2D eigenvalue weighted by Crippen LogP contribution is 2.45. The highest BCUT2D eigenvalue weighted by Gasteiger charge is 2.61. The Balaban J connectivity index is 1.15. The third-order valence-electron chi connectivity index (χ3n) is 12.4. The van der Waals surface area contributed by atoms with Crippen molar-refractivity contribution in [3.63, 3.8) is 0 Å². The molecule has 298 valence electrons. The van der Waals surface area contributed by atoms with E-state index >= 15 is 0 Å². The van der Waals surface area contributed by atoms with Crippen molar-refractivity contribution in [1.29, 1.82) is 0 Å². The van der Waals surface area contributed by atoms with Gasteiger partial charge in [-0.1, -0.05) is 87.8 Å². The Morgan fingerprint density at radius 2 is 1.70 bits per heavy atom. The first-order valence-electron chi connectivity index (χ1n) is 20.4. The monoisotopic (exact) mass is 765 g/mol. The number of amides is 4. The molecule has 1 aliphatic heterocycles. The molecule has 1 saturated heterocycles. The smallest absolute Gasteiger partial charge is 0.330 e. The van der Waals surface area contributed by atoms with Crippen molar-refractivity contribution in [2.45, 2.75) is 107 Å². The second-order valence-electron chi connectivity index (χ2n) is 16.2. The van der Waals surface area contributed by atoms with E-state index in [1.807, 2.05) is 54.6 Å². The number of rotatable bonds is 14. The molecule has 56 heavy (non-hydrogen) atoms. The molecule has 12 nitrogen and oxygen atoms in total. The molecule has 0 spiro atoms. The molecule has 1 unspecified atom stereocenters. The van der Waals surface area contributed by atoms with Gasteiger partial charge in [0.1, 0.15) is 35.2 Å². The second-order valence-corrected chi connectivity index (χ2v) is 16.2. The van der Waals surface area contributed by atoms with Crippen molar-refractivity contribution in [2.75, 3.05) is 20.2 Å². The minimum absolute atomic E-state index is 0.0371. The van der Waals surface area contributed by atoms with Gasteiger partial charge in [-0.25, -0.2) is 14.6 Å². The topological polar surface area (TPSA) is 159 Å². The van der Waals surface area contributed by atoms with Crippen LogP contribution in [0.5, 0.6) is 11.5 Å². The lowest BCUT2D eigenvalue weighted by Crippen LogP contribution is -2.57. The van der Waals surface area contributed by atoms with Gasteiger partial charge in [-0.15, -0.1) is 6.58 Å². The number of carbonyl (C=O) groups is 4. The standard InChI is InChI=1S/C44H55N5O7/c1-3-31-25-44(31,42(52)53)48-41(51)38-23-33(56-39-24-35(30-17-11-6-12-18-30)46-36-22-32(55-2)19-20-34(36)39)27-49(38)43(54)47-37(21-28-13-7-4-8-14-28)40(50)45-26-29-15-9-5-10-16-29/h3,6,11-12,17-20,22,24,28-29,31,33,37-38H,1,4-5,7-10,13-16,21,23,25-27H2,2H3,(H,45,50)(H,47,54)(H,48,51)(H,52,53)/t31?,33-,37+,38+,44-/m1/s1. The zero-order chi connectivity index (χ0) is 39.2. The van der Waals surface area contributed by atoms with E-state index in [9.17, 15) is 24.3 Å². The Hall–Kier alpha value is -5.13. The van der Waals surface area contributed by atoms with Crippen LogP contribution in [0.4, 0.5) is 4.79 Å². The number of likely N-dealkylation sites (tertiary alicyclic amines) is 1. The summed E-state index contributed by atoms with van der Waals surface area (Å²) < 4.78 is 12.2. The minimum atomic E-state index is -1.48. The molecule has 12 heteroatoms. The predicted molar refractivity (Wildman–Crippen MR) is 213 cm³/mol. The third kappa shape index (κ3) is 8.79. The number of aliphatic carboxylic acids is 1. The van der Waals surface area contributed by atoms with Crippen molar-refractivity contribution < 1.29 is 33.8 Å². The van der Waals surface area contributed by atoms with E-state index in [0.717, 1.165) is 62.3 Å². The number of hydrogen-bond acceptors (Lipinski definition) is 7. The lowest BCUT2D eigenvalue weighted by atomic mass is 9.84. The lowest BCUT2D eigenvalue weighted by molar-refractivity contribution is -0.144. The summed E-state index contributed by atoms with van der Waals surface area (Å²) in [5, 5.41) is 19.8. The van der Waals surface area contributed by atoms with E-state index in [1.54, 1.807) is 7.11 Å². The van der Waals surface area contributed by atoms with Crippen LogP contribution in [0.2, 0.25) is 0 Å². The molecular formula is C44H55N5O7. The summed E-state index contributed by atoms with van der Waals surface area (Å²) >= 11 is 0. The van der Waals surface area contributed by atoms with Gasteiger partial charge in [-0.3, -0.25) is 9.59 Å². The van der Waals surface area contributed by atoms with Crippen LogP contribution in [-0.4, -0.2) is 82.7 Å². The molecule has 0 radical (unpaired) electrons. The maximum atomic E-state index is 14.4. The molecule has 1 aromatic heterocycles. The number of carbonyl (C=O) groups excluding carboxylic acids is 3. The van der Waals surface area contributed by atoms with Crippen molar-refractivity contribution >= 4 is 34.7 Å². The number of methoxy groups -OCH3 is 1. The SMILES string of the molecule is C=CC1C[C@]1(NC(=O)[C@@H]1C[C@@H](Oc2cc(-c3ccccc3)nc3cc(OC)ccc23)CN1C(=O)N[C@@H](CC1CCCCC1)C(=O)NCC1CCCCC1)C(=O)O. The molecule has 5 atom stereocenters. The zero-order valence-corrected chi connectivity index (χ0v) is 32.3. The number of hydrogen-bond donors (Lipinski definition) is 4. The largest absolute Gasteiger partial charge is 0.497 e. The van der Waals surface area contributed by atoms with E-state index in [1.165, 1.54) is 23.8 Å². The molecule has 4 N–H and O–H groups in total. The van der Waals surface area contributed by atoms with Gasteiger partial charge >= 0.3 is 12.0 Å². The molecular weight excluding hydrogens is 711 g/mol. The fourth-order valence-electron chi connectivity index (χ4n) is 8.99. The number of aromatic nitrogens is 1. The molecule has 2 aromatic carbocycles. The quantitative estimate of drug-likeness (QED) is 0.133. The van der Waals surface area contributed by atoms with Gasteiger partial charge in [0.05, 0.1) is 24.9 Å². The summed E-state index contributed by atoms with van der Waals surface area (Å²) in [7, 11) is 1.59. The molecule has 3 aliphatic carbocycles. The fraction of sp³-hybridized carbons (Fsp3) is 0.523. The van der Waals surface area contributed by atoms with Gasteiger partial charge in [0.15, 0.2) is 0 Å². The summed E-state index contributed by atoms with van der Waals surface area (Å²) in [5.74, 6) is -0.463. The second kappa shape index (κ2) is 17.3. The Kier molecular flexibility index (Phi) is 12.1. The molecule has 3 aromatic rings. The number of carboxylic acid groups (broad SMARTS) is 1. The van der Waals surface area contributed by atoms with Gasteiger partial charge in [0, 0.05) is 42.0 Å². The van der Waals surface area contributed by atoms with Crippen LogP contribution >= 0.6 is 0 Å². The maximum Gasteiger partial charge on any atom is 0.330 e. The molecule has 4 amide bonds. The van der Waals surface area contributed by atoms with Gasteiger partial charge < -0.3 is 35.4 Å². The van der Waals surface area contributed by atoms with E-state index in [2.05, 4.69) is 22.5 Å². The maximum absolute atomic E-state index is 14.4. The van der Waals surface area contributed by atoms with Crippen molar-refractivity contribution in [3.05, 3.63) is 67.3 Å². The van der Waals surface area contributed by atoms with Crippen LogP contribution < -0.4 is 25.4 Å². The van der Waals surface area contributed by atoms with Crippen molar-refractivity contribution in [2.24, 2.45) is 17.8 Å². The van der Waals surface area contributed by atoms with E-state index in [0.29, 0.717) is 47.5 Å². The zero-order valence-electron chi connectivity index (χ0n) is 32.3. The highest BCUT2D eigenvalue weighted by atomic mass is 16.5. The average Bonchev–Trinajstić information content (AvgIpc) is 3.79. The summed E-state index contributed by atoms with van der Waals surface area (Å²) in [6.07, 6.45) is 12.8. The van der Waals surface area contributed by atoms with E-state index < -0.39 is 47.6 Å². The Labute approximate surface area is 328 Å². The van der Waals surface area contributed by atoms with Gasteiger partial charge in [-0.05, 0) is 49.7 Å². The third-order valence-corrected chi connectivity index (χ3v) is 12.4. The van der Waals surface area contributed by atoms with Crippen LogP contribution in [0.3, 0.4) is 0 Å². The summed E-state index contributed by atoms with van der Waals surface area (Å²) in [4.78, 5) is 61.1. The summed E-state index contributed by atoms with van der Waals surface area (Å²) in [6.45, 7) is 4.37. The fourth-order valence-corrected chi connectivity index (χ4v) is 8.99. The minimum Gasteiger partial charge on any atom is -0.497 e. The van der Waals surface area contributed by atoms with Gasteiger partial charge in [0.2, 0.25) is 11.8 Å². The van der Waals surface area contributed by atoms with Crippen LogP contribution in [0.15, 0.2) is 67.3 Å².